The summed E-state index contributed by atoms with van der Waals surface area (Å²) < 4.78 is 30.8. The largest absolute Gasteiger partial charge is 0.496 e. The van der Waals surface area contributed by atoms with Crippen LogP contribution in [0.15, 0.2) is 18.2 Å². The molecule has 6 heteroatoms. The van der Waals surface area contributed by atoms with Crippen LogP contribution in [0.4, 0.5) is 8.78 Å². The van der Waals surface area contributed by atoms with Crippen molar-refractivity contribution in [1.29, 1.82) is 0 Å². The quantitative estimate of drug-likeness (QED) is 0.823. The average Bonchev–Trinajstić information content (AvgIpc) is 2.34. The molecule has 0 radical (unpaired) electrons. The Bertz CT molecular complexity index is 424. The van der Waals surface area contributed by atoms with Crippen molar-refractivity contribution in [2.24, 2.45) is 5.73 Å². The topological polar surface area (TPSA) is 72.5 Å². The van der Waals surface area contributed by atoms with Crippen LogP contribution in [-0.2, 0) is 4.79 Å². The summed E-state index contributed by atoms with van der Waals surface area (Å²) in [6.07, 6.45) is -2.77. The van der Waals surface area contributed by atoms with Crippen molar-refractivity contribution in [1.82, 2.24) is 0 Å². The van der Waals surface area contributed by atoms with E-state index >= 15 is 0 Å². The predicted octanol–water partition coefficient (Wildman–Crippen LogP) is 2.50. The van der Waals surface area contributed by atoms with Crippen LogP contribution in [0.25, 0.3) is 0 Å². The standard InChI is InChI=1S/C12H15F2NO3/c1-18-9-4-2-3-7(12(13)14)11(9)8(15)5-6-10(16)17/h2-4,8,12H,5-6,15H2,1H3,(H,16,17). The lowest BCUT2D eigenvalue weighted by Crippen LogP contribution is -2.16. The molecule has 0 aromatic heterocycles. The summed E-state index contributed by atoms with van der Waals surface area (Å²) in [5.74, 6) is -0.760. The molecule has 0 aliphatic carbocycles. The third-order valence-electron chi connectivity index (χ3n) is 2.59. The van der Waals surface area contributed by atoms with Crippen molar-refractivity contribution < 1.29 is 23.4 Å². The van der Waals surface area contributed by atoms with Gasteiger partial charge < -0.3 is 15.6 Å². The van der Waals surface area contributed by atoms with E-state index in [1.54, 1.807) is 0 Å². The highest BCUT2D eigenvalue weighted by molar-refractivity contribution is 5.66. The zero-order valence-corrected chi connectivity index (χ0v) is 9.90. The van der Waals surface area contributed by atoms with Gasteiger partial charge in [0.15, 0.2) is 0 Å². The number of hydrogen-bond acceptors (Lipinski definition) is 3. The van der Waals surface area contributed by atoms with Gasteiger partial charge in [0.25, 0.3) is 6.43 Å². The molecule has 1 aromatic carbocycles. The molecule has 0 aliphatic heterocycles. The minimum absolute atomic E-state index is 0.0788. The predicted molar refractivity (Wildman–Crippen MR) is 61.7 cm³/mol. The third-order valence-corrected chi connectivity index (χ3v) is 2.59. The molecule has 1 aromatic rings. The maximum atomic E-state index is 12.9. The Balaban J connectivity index is 3.06. The summed E-state index contributed by atoms with van der Waals surface area (Å²) in [5, 5.41) is 8.58. The number of ether oxygens (including phenoxy) is 1. The fraction of sp³-hybridized carbons (Fsp3) is 0.417. The molecule has 1 unspecified atom stereocenters. The molecule has 1 atom stereocenters. The van der Waals surface area contributed by atoms with Crippen LogP contribution >= 0.6 is 0 Å². The van der Waals surface area contributed by atoms with E-state index in [0.29, 0.717) is 0 Å². The van der Waals surface area contributed by atoms with Crippen LogP contribution in [0.2, 0.25) is 0 Å². The minimum Gasteiger partial charge on any atom is -0.496 e. The van der Waals surface area contributed by atoms with Gasteiger partial charge in [-0.3, -0.25) is 4.79 Å². The molecule has 0 spiro atoms. The summed E-state index contributed by atoms with van der Waals surface area (Å²) in [4.78, 5) is 10.5. The molecular weight excluding hydrogens is 244 g/mol. The minimum atomic E-state index is -2.68. The molecule has 100 valence electrons. The molecule has 0 heterocycles. The summed E-state index contributed by atoms with van der Waals surface area (Å²) >= 11 is 0. The Morgan fingerprint density at radius 3 is 2.67 bits per heavy atom. The van der Waals surface area contributed by atoms with Gasteiger partial charge in [0, 0.05) is 23.6 Å². The first-order valence-electron chi connectivity index (χ1n) is 5.39. The number of carbonyl (C=O) groups is 1. The monoisotopic (exact) mass is 259 g/mol. The van der Waals surface area contributed by atoms with Crippen LogP contribution in [-0.4, -0.2) is 18.2 Å². The number of aliphatic carboxylic acids is 1. The van der Waals surface area contributed by atoms with Crippen LogP contribution in [0.1, 0.15) is 36.4 Å². The van der Waals surface area contributed by atoms with E-state index in [1.165, 1.54) is 25.3 Å². The highest BCUT2D eigenvalue weighted by Crippen LogP contribution is 2.35. The summed E-state index contributed by atoms with van der Waals surface area (Å²) in [6, 6.07) is 3.46. The molecule has 1 rings (SSSR count). The molecule has 0 fully saturated rings. The van der Waals surface area contributed by atoms with Crippen LogP contribution < -0.4 is 10.5 Å². The zero-order valence-electron chi connectivity index (χ0n) is 9.90. The lowest BCUT2D eigenvalue weighted by molar-refractivity contribution is -0.137. The Kier molecular flexibility index (Phi) is 5.03. The Morgan fingerprint density at radius 2 is 2.17 bits per heavy atom. The number of methoxy groups -OCH3 is 1. The van der Waals surface area contributed by atoms with Gasteiger partial charge in [0.05, 0.1) is 7.11 Å². The van der Waals surface area contributed by atoms with Gasteiger partial charge >= 0.3 is 5.97 Å². The summed E-state index contributed by atoms with van der Waals surface area (Å²) in [7, 11) is 1.36. The number of carboxylic acids is 1. The molecule has 4 nitrogen and oxygen atoms in total. The van der Waals surface area contributed by atoms with E-state index < -0.39 is 18.4 Å². The number of benzene rings is 1. The lowest BCUT2D eigenvalue weighted by atomic mass is 9.96. The second-order valence-corrected chi connectivity index (χ2v) is 3.80. The molecule has 0 bridgehead atoms. The molecule has 0 saturated heterocycles. The van der Waals surface area contributed by atoms with Crippen molar-refractivity contribution >= 4 is 5.97 Å². The van der Waals surface area contributed by atoms with E-state index in [0.717, 1.165) is 0 Å². The first kappa shape index (κ1) is 14.4. The molecule has 0 amide bonds. The maximum absolute atomic E-state index is 12.9. The van der Waals surface area contributed by atoms with E-state index in [2.05, 4.69) is 0 Å². The number of alkyl halides is 2. The molecule has 0 aliphatic rings. The summed E-state index contributed by atoms with van der Waals surface area (Å²) in [5.41, 5.74) is 5.74. The highest BCUT2D eigenvalue weighted by atomic mass is 19.3. The smallest absolute Gasteiger partial charge is 0.303 e. The van der Waals surface area contributed by atoms with E-state index in [-0.39, 0.29) is 29.7 Å². The molecule has 0 saturated carbocycles. The Hall–Kier alpha value is -1.69. The maximum Gasteiger partial charge on any atom is 0.303 e. The third kappa shape index (κ3) is 3.40. The van der Waals surface area contributed by atoms with Crippen molar-refractivity contribution in [3.8, 4) is 5.75 Å². The second kappa shape index (κ2) is 6.30. The SMILES string of the molecule is COc1cccc(C(F)F)c1C(N)CCC(=O)O. The first-order valence-corrected chi connectivity index (χ1v) is 5.39. The number of nitrogens with two attached hydrogens (primary N) is 1. The fourth-order valence-corrected chi connectivity index (χ4v) is 1.75. The normalized spacial score (nSPS) is 12.5. The van der Waals surface area contributed by atoms with E-state index in [1.807, 2.05) is 0 Å². The fourth-order valence-electron chi connectivity index (χ4n) is 1.75. The van der Waals surface area contributed by atoms with Gasteiger partial charge in [-0.2, -0.15) is 0 Å². The first-order chi connectivity index (χ1) is 8.47. The lowest BCUT2D eigenvalue weighted by Gasteiger charge is -2.18. The van der Waals surface area contributed by atoms with Crippen molar-refractivity contribution in [3.63, 3.8) is 0 Å². The van der Waals surface area contributed by atoms with Crippen LogP contribution in [0.3, 0.4) is 0 Å². The molecule has 18 heavy (non-hydrogen) atoms. The van der Waals surface area contributed by atoms with Gasteiger partial charge in [-0.15, -0.1) is 0 Å². The number of carboxylic acid groups (broad SMARTS) is 1. The zero-order chi connectivity index (χ0) is 13.7. The Labute approximate surface area is 103 Å². The van der Waals surface area contributed by atoms with Crippen LogP contribution in [0.5, 0.6) is 5.75 Å². The molecular formula is C12H15F2NO3. The van der Waals surface area contributed by atoms with Gasteiger partial charge in [-0.1, -0.05) is 12.1 Å². The summed E-state index contributed by atoms with van der Waals surface area (Å²) in [6.45, 7) is 0. The number of rotatable bonds is 6. The number of halogens is 2. The van der Waals surface area contributed by atoms with Gasteiger partial charge in [0.1, 0.15) is 5.75 Å². The van der Waals surface area contributed by atoms with Gasteiger partial charge in [-0.25, -0.2) is 8.78 Å². The Morgan fingerprint density at radius 1 is 1.50 bits per heavy atom. The van der Waals surface area contributed by atoms with Crippen molar-refractivity contribution in [3.05, 3.63) is 29.3 Å². The molecule has 3 N–H and O–H groups in total. The van der Waals surface area contributed by atoms with Crippen LogP contribution in [0, 0.1) is 0 Å². The van der Waals surface area contributed by atoms with E-state index in [4.69, 9.17) is 15.6 Å². The average molecular weight is 259 g/mol. The van der Waals surface area contributed by atoms with Gasteiger partial charge in [0.2, 0.25) is 0 Å². The van der Waals surface area contributed by atoms with E-state index in [9.17, 15) is 13.6 Å². The number of hydrogen-bond donors (Lipinski definition) is 2. The van der Waals surface area contributed by atoms with Crippen molar-refractivity contribution in [2.75, 3.05) is 7.11 Å². The highest BCUT2D eigenvalue weighted by Gasteiger charge is 2.22. The van der Waals surface area contributed by atoms with Gasteiger partial charge in [-0.05, 0) is 12.5 Å². The van der Waals surface area contributed by atoms with Crippen molar-refractivity contribution in [2.45, 2.75) is 25.3 Å². The second-order valence-electron chi connectivity index (χ2n) is 3.80.